The summed E-state index contributed by atoms with van der Waals surface area (Å²) < 4.78 is 0. The topological polar surface area (TPSA) is 98.3 Å². The lowest BCUT2D eigenvalue weighted by Gasteiger charge is -2.06. The number of unbranched alkanes of at least 4 members (excludes halogenated alkanes) is 2. The van der Waals surface area contributed by atoms with E-state index in [1.165, 1.54) is 6.07 Å². The van der Waals surface area contributed by atoms with Crippen LogP contribution >= 0.6 is 0 Å². The van der Waals surface area contributed by atoms with Crippen molar-refractivity contribution in [2.45, 2.75) is 32.6 Å². The second-order valence-electron chi connectivity index (χ2n) is 4.43. The van der Waals surface area contributed by atoms with Gasteiger partial charge in [-0.15, -0.1) is 0 Å². The number of rotatable bonds is 7. The van der Waals surface area contributed by atoms with E-state index in [0.717, 1.165) is 24.8 Å². The summed E-state index contributed by atoms with van der Waals surface area (Å²) in [6.45, 7) is 2.44. The minimum Gasteiger partial charge on any atom is -0.330 e. The number of amides is 1. The van der Waals surface area contributed by atoms with Crippen molar-refractivity contribution in [3.8, 4) is 0 Å². The lowest BCUT2D eigenvalue weighted by Crippen LogP contribution is -2.12. The molecule has 0 aliphatic carbocycles. The first-order valence-corrected chi connectivity index (χ1v) is 6.29. The maximum absolute atomic E-state index is 11.7. The average molecular weight is 265 g/mol. The van der Waals surface area contributed by atoms with Crippen molar-refractivity contribution >= 4 is 17.3 Å². The number of nitro benzene ring substituents is 1. The number of hydrogen-bond acceptors (Lipinski definition) is 4. The third-order valence-corrected chi connectivity index (χ3v) is 2.73. The summed E-state index contributed by atoms with van der Waals surface area (Å²) in [5.74, 6) is -0.203. The van der Waals surface area contributed by atoms with Crippen LogP contribution in [-0.4, -0.2) is 17.4 Å². The largest absolute Gasteiger partial charge is 0.330 e. The molecule has 6 nitrogen and oxygen atoms in total. The van der Waals surface area contributed by atoms with Gasteiger partial charge in [0.2, 0.25) is 5.91 Å². The number of hydrogen-bond donors (Lipinski definition) is 2. The van der Waals surface area contributed by atoms with E-state index < -0.39 is 4.92 Å². The van der Waals surface area contributed by atoms with Crippen LogP contribution in [0.5, 0.6) is 0 Å². The Balaban J connectivity index is 2.62. The van der Waals surface area contributed by atoms with E-state index in [1.54, 1.807) is 12.1 Å². The van der Waals surface area contributed by atoms with Gasteiger partial charge in [-0.3, -0.25) is 14.9 Å². The van der Waals surface area contributed by atoms with E-state index >= 15 is 0 Å². The molecule has 1 amide bonds. The summed E-state index contributed by atoms with van der Waals surface area (Å²) in [5, 5.41) is 13.5. The SMILES string of the molecule is Cc1ccc([N+](=O)[O-])c(NC(=O)CCCCCN)c1. The molecule has 1 aromatic carbocycles. The Morgan fingerprint density at radius 2 is 2.11 bits per heavy atom. The molecule has 0 spiro atoms. The van der Waals surface area contributed by atoms with Crippen molar-refractivity contribution in [3.05, 3.63) is 33.9 Å². The van der Waals surface area contributed by atoms with Crippen LogP contribution in [0.1, 0.15) is 31.2 Å². The molecule has 0 unspecified atom stereocenters. The van der Waals surface area contributed by atoms with E-state index in [9.17, 15) is 14.9 Å². The number of nitrogens with zero attached hydrogens (tertiary/aromatic N) is 1. The van der Waals surface area contributed by atoms with E-state index in [-0.39, 0.29) is 17.3 Å². The molecule has 3 N–H and O–H groups in total. The fourth-order valence-corrected chi connectivity index (χ4v) is 1.73. The molecule has 6 heteroatoms. The van der Waals surface area contributed by atoms with E-state index in [4.69, 9.17) is 5.73 Å². The maximum Gasteiger partial charge on any atom is 0.292 e. The lowest BCUT2D eigenvalue weighted by atomic mass is 10.1. The Morgan fingerprint density at radius 1 is 1.37 bits per heavy atom. The number of benzene rings is 1. The van der Waals surface area contributed by atoms with Crippen LogP contribution in [0.4, 0.5) is 11.4 Å². The molecule has 0 fully saturated rings. The Kier molecular flexibility index (Phi) is 5.95. The number of nitro groups is 1. The zero-order valence-corrected chi connectivity index (χ0v) is 11.0. The summed E-state index contributed by atoms with van der Waals surface area (Å²) in [6, 6.07) is 4.66. The van der Waals surface area contributed by atoms with Crippen LogP contribution < -0.4 is 11.1 Å². The first-order valence-electron chi connectivity index (χ1n) is 6.29. The molecular formula is C13H19N3O3. The summed E-state index contributed by atoms with van der Waals surface area (Å²) >= 11 is 0. The molecule has 0 aliphatic rings. The normalized spacial score (nSPS) is 10.2. The fourth-order valence-electron chi connectivity index (χ4n) is 1.73. The van der Waals surface area contributed by atoms with Crippen LogP contribution in [0.15, 0.2) is 18.2 Å². The number of carbonyl (C=O) groups is 1. The molecule has 0 saturated carbocycles. The van der Waals surface area contributed by atoms with Gasteiger partial charge in [0, 0.05) is 12.5 Å². The number of carbonyl (C=O) groups excluding carboxylic acids is 1. The molecule has 0 heterocycles. The summed E-state index contributed by atoms with van der Waals surface area (Å²) in [7, 11) is 0. The fraction of sp³-hybridized carbons (Fsp3) is 0.462. The second kappa shape index (κ2) is 7.48. The van der Waals surface area contributed by atoms with Crippen molar-refractivity contribution in [1.29, 1.82) is 0 Å². The molecule has 104 valence electrons. The van der Waals surface area contributed by atoms with E-state index in [0.29, 0.717) is 13.0 Å². The summed E-state index contributed by atoms with van der Waals surface area (Å²) in [6.07, 6.45) is 2.87. The molecule has 1 aromatic rings. The van der Waals surface area contributed by atoms with Crippen molar-refractivity contribution < 1.29 is 9.72 Å². The highest BCUT2D eigenvalue weighted by molar-refractivity contribution is 5.93. The Labute approximate surface area is 112 Å². The number of anilines is 1. The molecule has 0 saturated heterocycles. The van der Waals surface area contributed by atoms with Gasteiger partial charge in [0.1, 0.15) is 5.69 Å². The van der Waals surface area contributed by atoms with Crippen molar-refractivity contribution in [1.82, 2.24) is 0 Å². The van der Waals surface area contributed by atoms with Crippen molar-refractivity contribution in [2.24, 2.45) is 5.73 Å². The Hall–Kier alpha value is -1.95. The first kappa shape index (κ1) is 15.1. The second-order valence-corrected chi connectivity index (χ2v) is 4.43. The minimum absolute atomic E-state index is 0.0825. The van der Waals surface area contributed by atoms with Crippen LogP contribution in [0.2, 0.25) is 0 Å². The highest BCUT2D eigenvalue weighted by Crippen LogP contribution is 2.25. The molecule has 0 bridgehead atoms. The molecule has 0 radical (unpaired) electrons. The van der Waals surface area contributed by atoms with Crippen LogP contribution in [0.3, 0.4) is 0 Å². The van der Waals surface area contributed by atoms with Gasteiger partial charge < -0.3 is 11.1 Å². The van der Waals surface area contributed by atoms with Crippen LogP contribution in [-0.2, 0) is 4.79 Å². The van der Waals surface area contributed by atoms with Gasteiger partial charge in [0.05, 0.1) is 4.92 Å². The molecular weight excluding hydrogens is 246 g/mol. The van der Waals surface area contributed by atoms with Crippen molar-refractivity contribution in [2.75, 3.05) is 11.9 Å². The Morgan fingerprint density at radius 3 is 2.74 bits per heavy atom. The van der Waals surface area contributed by atoms with E-state index in [1.807, 2.05) is 6.92 Å². The molecule has 19 heavy (non-hydrogen) atoms. The van der Waals surface area contributed by atoms with Gasteiger partial charge in [-0.2, -0.15) is 0 Å². The minimum atomic E-state index is -0.497. The standard InChI is InChI=1S/C13H19N3O3/c1-10-6-7-12(16(18)19)11(9-10)15-13(17)5-3-2-4-8-14/h6-7,9H,2-5,8,14H2,1H3,(H,15,17). The monoisotopic (exact) mass is 265 g/mol. The number of nitrogens with two attached hydrogens (primary N) is 1. The van der Waals surface area contributed by atoms with Gasteiger partial charge in [0.25, 0.3) is 5.69 Å². The predicted molar refractivity (Wildman–Crippen MR) is 74.0 cm³/mol. The van der Waals surface area contributed by atoms with Crippen molar-refractivity contribution in [3.63, 3.8) is 0 Å². The maximum atomic E-state index is 11.7. The smallest absolute Gasteiger partial charge is 0.292 e. The van der Waals surface area contributed by atoms with Crippen LogP contribution in [0.25, 0.3) is 0 Å². The molecule has 0 aromatic heterocycles. The number of aryl methyl sites for hydroxylation is 1. The first-order chi connectivity index (χ1) is 9.04. The molecule has 0 atom stereocenters. The third kappa shape index (κ3) is 5.05. The molecule has 0 aliphatic heterocycles. The Bertz CT molecular complexity index is 460. The number of nitrogens with one attached hydrogen (secondary N) is 1. The lowest BCUT2D eigenvalue weighted by molar-refractivity contribution is -0.383. The summed E-state index contributed by atoms with van der Waals surface area (Å²) in [5.41, 5.74) is 6.40. The van der Waals surface area contributed by atoms with Crippen LogP contribution in [0, 0.1) is 17.0 Å². The quantitative estimate of drug-likeness (QED) is 0.449. The average Bonchev–Trinajstić information content (AvgIpc) is 2.34. The zero-order valence-electron chi connectivity index (χ0n) is 11.0. The van der Waals surface area contributed by atoms with Gasteiger partial charge in [-0.05, 0) is 37.9 Å². The van der Waals surface area contributed by atoms with E-state index in [2.05, 4.69) is 5.32 Å². The predicted octanol–water partition coefficient (Wildman–Crippen LogP) is 2.36. The highest BCUT2D eigenvalue weighted by Gasteiger charge is 2.15. The van der Waals surface area contributed by atoms with Gasteiger partial charge in [0.15, 0.2) is 0 Å². The van der Waals surface area contributed by atoms with Gasteiger partial charge in [-0.25, -0.2) is 0 Å². The molecule has 1 rings (SSSR count). The summed E-state index contributed by atoms with van der Waals surface area (Å²) in [4.78, 5) is 22.1. The zero-order chi connectivity index (χ0) is 14.3. The van der Waals surface area contributed by atoms with Gasteiger partial charge >= 0.3 is 0 Å². The highest BCUT2D eigenvalue weighted by atomic mass is 16.6. The van der Waals surface area contributed by atoms with Gasteiger partial charge in [-0.1, -0.05) is 12.5 Å². The third-order valence-electron chi connectivity index (χ3n) is 2.73.